The van der Waals surface area contributed by atoms with E-state index in [9.17, 15) is 19.2 Å². The fourth-order valence-corrected chi connectivity index (χ4v) is 7.54. The van der Waals surface area contributed by atoms with Gasteiger partial charge in [0.05, 0.1) is 22.4 Å². The largest absolute Gasteiger partial charge is 0.292 e. The predicted molar refractivity (Wildman–Crippen MR) is 158 cm³/mol. The van der Waals surface area contributed by atoms with Crippen molar-refractivity contribution in [3.8, 4) is 0 Å². The van der Waals surface area contributed by atoms with Gasteiger partial charge in [0.2, 0.25) is 0 Å². The van der Waals surface area contributed by atoms with Gasteiger partial charge in [0.1, 0.15) is 6.04 Å². The van der Waals surface area contributed by atoms with E-state index >= 15 is 0 Å². The number of benzene rings is 4. The molecule has 1 saturated heterocycles. The van der Waals surface area contributed by atoms with Crippen LogP contribution in [-0.2, 0) is 9.59 Å². The number of nitrogens with zero attached hydrogens (tertiary/aromatic N) is 2. The first-order valence-corrected chi connectivity index (χ1v) is 14.5. The summed E-state index contributed by atoms with van der Waals surface area (Å²) in [5.74, 6) is -4.32. The van der Waals surface area contributed by atoms with Crippen LogP contribution in [0.25, 0.3) is 0 Å². The number of rotatable bonds is 5. The number of hydrazine groups is 1. The Morgan fingerprint density at radius 3 is 1.67 bits per heavy atom. The Bertz CT molecular complexity index is 1690. The van der Waals surface area contributed by atoms with Crippen LogP contribution in [0.4, 0.5) is 0 Å². The zero-order valence-electron chi connectivity index (χ0n) is 22.4. The first-order chi connectivity index (χ1) is 20.3. The maximum atomic E-state index is 14.5. The summed E-state index contributed by atoms with van der Waals surface area (Å²) in [5.41, 5.74) is 4.42. The van der Waals surface area contributed by atoms with Crippen LogP contribution in [0, 0.1) is 11.8 Å². The van der Waals surface area contributed by atoms with Crippen LogP contribution in [0.2, 0.25) is 10.0 Å². The molecule has 0 saturated carbocycles. The maximum absolute atomic E-state index is 14.5. The van der Waals surface area contributed by atoms with Gasteiger partial charge >= 0.3 is 0 Å². The molecular weight excluding hydrogens is 571 g/mol. The lowest BCUT2D eigenvalue weighted by molar-refractivity contribution is -0.156. The summed E-state index contributed by atoms with van der Waals surface area (Å²) < 4.78 is 0. The first kappa shape index (κ1) is 26.6. The number of hydrogen-bond acceptors (Lipinski definition) is 4. The fraction of sp³-hybridized carbons (Fsp3) is 0.176. The second-order valence-electron chi connectivity index (χ2n) is 10.9. The van der Waals surface area contributed by atoms with Crippen LogP contribution < -0.4 is 0 Å². The Balaban J connectivity index is 1.37. The van der Waals surface area contributed by atoms with Crippen molar-refractivity contribution < 1.29 is 19.2 Å². The van der Waals surface area contributed by atoms with Gasteiger partial charge in [0.15, 0.2) is 5.78 Å². The molecule has 208 valence electrons. The molecule has 1 aliphatic heterocycles. The Morgan fingerprint density at radius 2 is 1.19 bits per heavy atom. The summed E-state index contributed by atoms with van der Waals surface area (Å²) in [6.45, 7) is 1.53. The number of Topliss-reactive ketones (excluding diaryl/α,β-unsaturated/α-hetero) is 1. The molecule has 3 atom stereocenters. The summed E-state index contributed by atoms with van der Waals surface area (Å²) in [6, 6.07) is 27.5. The minimum Gasteiger partial charge on any atom is -0.292 e. The number of ketones is 1. The average Bonchev–Trinajstić information content (AvgIpc) is 3.27. The van der Waals surface area contributed by atoms with Gasteiger partial charge in [0, 0.05) is 22.4 Å². The lowest BCUT2D eigenvalue weighted by Crippen LogP contribution is -2.56. The molecule has 42 heavy (non-hydrogen) atoms. The van der Waals surface area contributed by atoms with Gasteiger partial charge in [-0.2, -0.15) is 5.01 Å². The molecule has 8 rings (SSSR count). The number of carbonyl (C=O) groups excluding carboxylic acids is 4. The van der Waals surface area contributed by atoms with E-state index in [4.69, 9.17) is 23.2 Å². The number of amides is 3. The van der Waals surface area contributed by atoms with Crippen molar-refractivity contribution in [3.05, 3.63) is 140 Å². The monoisotopic (exact) mass is 594 g/mol. The standard InChI is InChI=1S/C34H24Cl2N2O4/c1-18(31(39)19-9-3-2-4-10-19)37(32(40)25-16-15-20(35)17-26(25)36)38-33(41)29-27-21-11-5-6-12-22(21)28(30(29)34(38)42)24-14-8-7-13-23(24)27/h2-18,27-30H,1H3/t18-,27?,28?,29-,30+/m1/s1. The molecule has 3 amide bonds. The highest BCUT2D eigenvalue weighted by Crippen LogP contribution is 2.61. The molecule has 0 spiro atoms. The smallest absolute Gasteiger partial charge is 0.275 e. The van der Waals surface area contributed by atoms with E-state index < -0.39 is 41.4 Å². The van der Waals surface area contributed by atoms with E-state index in [0.29, 0.717) is 10.6 Å². The van der Waals surface area contributed by atoms with Crippen LogP contribution in [0.5, 0.6) is 0 Å². The lowest BCUT2D eigenvalue weighted by Gasteiger charge is -2.45. The van der Waals surface area contributed by atoms with Crippen molar-refractivity contribution >= 4 is 46.7 Å². The molecule has 0 N–H and O–H groups in total. The van der Waals surface area contributed by atoms with Gasteiger partial charge < -0.3 is 0 Å². The highest BCUT2D eigenvalue weighted by Gasteiger charge is 2.63. The Hall–Kier alpha value is -4.26. The van der Waals surface area contributed by atoms with E-state index in [0.717, 1.165) is 32.3 Å². The van der Waals surface area contributed by atoms with Crippen molar-refractivity contribution in [1.29, 1.82) is 0 Å². The Labute approximate surface area is 252 Å². The highest BCUT2D eigenvalue weighted by atomic mass is 35.5. The summed E-state index contributed by atoms with van der Waals surface area (Å²) >= 11 is 12.5. The molecule has 4 aromatic rings. The summed E-state index contributed by atoms with van der Waals surface area (Å²) in [5, 5.41) is 2.30. The average molecular weight is 595 g/mol. The third kappa shape index (κ3) is 3.79. The predicted octanol–water partition coefficient (Wildman–Crippen LogP) is 6.51. The van der Waals surface area contributed by atoms with Crippen LogP contribution in [0.3, 0.4) is 0 Å². The minimum absolute atomic E-state index is 0.0267. The molecule has 0 unspecified atom stereocenters. The van der Waals surface area contributed by atoms with Crippen LogP contribution in [0.15, 0.2) is 97.1 Å². The molecule has 0 aromatic heterocycles. The number of carbonyl (C=O) groups is 4. The second kappa shape index (κ2) is 9.93. The van der Waals surface area contributed by atoms with Gasteiger partial charge in [-0.05, 0) is 47.4 Å². The van der Waals surface area contributed by atoms with Crippen LogP contribution >= 0.6 is 23.2 Å². The molecule has 6 nitrogen and oxygen atoms in total. The Morgan fingerprint density at radius 1 is 0.714 bits per heavy atom. The first-order valence-electron chi connectivity index (χ1n) is 13.7. The Kier molecular flexibility index (Phi) is 6.30. The van der Waals surface area contributed by atoms with Gasteiger partial charge in [0.25, 0.3) is 17.7 Å². The van der Waals surface area contributed by atoms with Crippen molar-refractivity contribution in [2.45, 2.75) is 24.8 Å². The molecular formula is C34H24Cl2N2O4. The van der Waals surface area contributed by atoms with Crippen LogP contribution in [0.1, 0.15) is 61.7 Å². The third-order valence-corrected chi connectivity index (χ3v) is 9.36. The van der Waals surface area contributed by atoms with E-state index in [1.165, 1.54) is 25.1 Å². The summed E-state index contributed by atoms with van der Waals surface area (Å²) in [7, 11) is 0. The topological polar surface area (TPSA) is 74.8 Å². The zero-order chi connectivity index (χ0) is 29.3. The molecule has 3 aliphatic carbocycles. The molecule has 4 aliphatic rings. The van der Waals surface area contributed by atoms with Gasteiger partial charge in [-0.1, -0.05) is 102 Å². The quantitative estimate of drug-likeness (QED) is 0.195. The molecule has 2 bridgehead atoms. The van der Waals surface area contributed by atoms with Crippen molar-refractivity contribution in [1.82, 2.24) is 10.0 Å². The lowest BCUT2D eigenvalue weighted by atomic mass is 9.55. The third-order valence-electron chi connectivity index (χ3n) is 8.81. The van der Waals surface area contributed by atoms with E-state index in [2.05, 4.69) is 0 Å². The molecule has 4 aromatic carbocycles. The van der Waals surface area contributed by atoms with Crippen molar-refractivity contribution in [2.75, 3.05) is 0 Å². The molecule has 1 fully saturated rings. The minimum atomic E-state index is -1.19. The number of hydrogen-bond donors (Lipinski definition) is 0. The zero-order valence-corrected chi connectivity index (χ0v) is 23.9. The summed E-state index contributed by atoms with van der Waals surface area (Å²) in [4.78, 5) is 57.0. The second-order valence-corrected chi connectivity index (χ2v) is 11.8. The molecule has 0 radical (unpaired) electrons. The van der Waals surface area contributed by atoms with Crippen molar-refractivity contribution in [2.24, 2.45) is 11.8 Å². The van der Waals surface area contributed by atoms with Gasteiger partial charge in [-0.15, -0.1) is 0 Å². The molecule has 8 heteroatoms. The maximum Gasteiger partial charge on any atom is 0.275 e. The number of halogens is 2. The van der Waals surface area contributed by atoms with E-state index in [1.54, 1.807) is 30.3 Å². The van der Waals surface area contributed by atoms with E-state index in [1.807, 2.05) is 48.5 Å². The fourth-order valence-electron chi connectivity index (χ4n) is 7.05. The van der Waals surface area contributed by atoms with Crippen LogP contribution in [-0.4, -0.2) is 39.6 Å². The van der Waals surface area contributed by atoms with Gasteiger partial charge in [-0.25, -0.2) is 5.01 Å². The summed E-state index contributed by atoms with van der Waals surface area (Å²) in [6.07, 6.45) is 0. The van der Waals surface area contributed by atoms with Crippen molar-refractivity contribution in [3.63, 3.8) is 0 Å². The SMILES string of the molecule is C[C@H](C(=O)c1ccccc1)N(C(=O)c1ccc(Cl)cc1Cl)N1C(=O)[C@@H]2C3c4ccccc4C(c4ccccc43)[C@@H]2C1=O. The number of imide groups is 1. The van der Waals surface area contributed by atoms with Gasteiger partial charge in [-0.3, -0.25) is 19.2 Å². The normalized spacial score (nSPS) is 22.3. The highest BCUT2D eigenvalue weighted by molar-refractivity contribution is 6.36. The molecule has 1 heterocycles. The van der Waals surface area contributed by atoms with E-state index in [-0.39, 0.29) is 22.4 Å².